The van der Waals surface area contributed by atoms with Crippen LogP contribution in [-0.4, -0.2) is 28.1 Å². The Morgan fingerprint density at radius 2 is 2.21 bits per heavy atom. The Labute approximate surface area is 163 Å². The van der Waals surface area contributed by atoms with Gasteiger partial charge in [-0.25, -0.2) is 13.9 Å². The average molecular weight is 403 g/mol. The van der Waals surface area contributed by atoms with Gasteiger partial charge in [-0.3, -0.25) is 0 Å². The zero-order valence-corrected chi connectivity index (χ0v) is 16.2. The maximum atomic E-state index is 14.0. The summed E-state index contributed by atoms with van der Waals surface area (Å²) in [6.07, 6.45) is 3.91. The summed E-state index contributed by atoms with van der Waals surface area (Å²) in [6, 6.07) is 1.38. The summed E-state index contributed by atoms with van der Waals surface area (Å²) in [7, 11) is -1.93. The molecule has 0 saturated carbocycles. The molecule has 0 radical (unpaired) electrons. The van der Waals surface area contributed by atoms with Gasteiger partial charge in [0.2, 0.25) is 0 Å². The van der Waals surface area contributed by atoms with Crippen molar-refractivity contribution in [3.63, 3.8) is 0 Å². The number of fused-ring (bicyclic) bond motifs is 3. The van der Waals surface area contributed by atoms with E-state index in [9.17, 15) is 13.4 Å². The molecule has 9 heteroatoms. The summed E-state index contributed by atoms with van der Waals surface area (Å²) in [6.45, 7) is 2.46. The quantitative estimate of drug-likeness (QED) is 0.780. The number of carbonyl (C=O) groups excluding carboxylic acids is 1. The fourth-order valence-electron chi connectivity index (χ4n) is 4.40. The third kappa shape index (κ3) is 2.88. The number of hydrogen-bond donors (Lipinski definition) is 1. The number of nitrogens with zero attached hydrogens (tertiary/aromatic N) is 3. The minimum absolute atomic E-state index is 0.0589. The summed E-state index contributed by atoms with van der Waals surface area (Å²) in [5.74, 6) is 0.393. The van der Waals surface area contributed by atoms with Gasteiger partial charge in [-0.2, -0.15) is 5.10 Å². The van der Waals surface area contributed by atoms with Crippen LogP contribution in [0.2, 0.25) is 0 Å². The molecule has 0 saturated heterocycles. The Hall–Kier alpha value is -2.42. The predicted octanol–water partition coefficient (Wildman–Crippen LogP) is 3.33. The van der Waals surface area contributed by atoms with E-state index in [1.807, 2.05) is 6.92 Å². The average Bonchev–Trinajstić information content (AvgIpc) is 3.37. The van der Waals surface area contributed by atoms with Gasteiger partial charge in [0.15, 0.2) is 5.88 Å². The number of anilines is 1. The maximum Gasteiger partial charge on any atom is 0.322 e. The first-order chi connectivity index (χ1) is 13.5. The van der Waals surface area contributed by atoms with Crippen LogP contribution in [0.4, 0.5) is 14.9 Å². The van der Waals surface area contributed by atoms with Crippen molar-refractivity contribution in [3.05, 3.63) is 34.5 Å². The molecule has 1 aromatic heterocycles. The Balaban J connectivity index is 1.44. The molecule has 1 aromatic carbocycles. The number of aryl methyl sites for hydroxylation is 1. The molecule has 3 aliphatic rings. The lowest BCUT2D eigenvalue weighted by molar-refractivity contribution is 0.248. The summed E-state index contributed by atoms with van der Waals surface area (Å²) in [5.41, 5.74) is 4.71. The fraction of sp³-hybridized carbons (Fsp3) is 0.474. The van der Waals surface area contributed by atoms with Crippen molar-refractivity contribution in [1.82, 2.24) is 9.78 Å². The predicted molar refractivity (Wildman–Crippen MR) is 101 cm³/mol. The van der Waals surface area contributed by atoms with E-state index >= 15 is 0 Å². The number of aromatic nitrogens is 2. The van der Waals surface area contributed by atoms with Crippen molar-refractivity contribution >= 4 is 22.3 Å². The van der Waals surface area contributed by atoms with E-state index in [1.165, 1.54) is 11.8 Å². The molecule has 2 aromatic rings. The number of rotatable bonds is 2. The van der Waals surface area contributed by atoms with E-state index in [4.69, 9.17) is 4.74 Å². The van der Waals surface area contributed by atoms with Crippen molar-refractivity contribution in [2.75, 3.05) is 5.32 Å². The summed E-state index contributed by atoms with van der Waals surface area (Å²) in [4.78, 5) is 12.8. The zero-order valence-electron chi connectivity index (χ0n) is 15.4. The van der Waals surface area contributed by atoms with E-state index in [0.717, 1.165) is 36.0 Å². The van der Waals surface area contributed by atoms with Crippen LogP contribution < -0.4 is 10.1 Å². The highest BCUT2D eigenvalue weighted by Gasteiger charge is 2.29. The van der Waals surface area contributed by atoms with Crippen LogP contribution in [0.1, 0.15) is 35.6 Å². The van der Waals surface area contributed by atoms with Gasteiger partial charge in [-0.05, 0) is 53.3 Å². The summed E-state index contributed by atoms with van der Waals surface area (Å²) < 4.78 is 37.6. The molecule has 7 nitrogen and oxygen atoms in total. The number of alkyl halides is 1. The highest BCUT2D eigenvalue weighted by molar-refractivity contribution is 7.75. The van der Waals surface area contributed by atoms with Crippen LogP contribution in [0.3, 0.4) is 0 Å². The summed E-state index contributed by atoms with van der Waals surface area (Å²) >= 11 is 0. The highest BCUT2D eigenvalue weighted by Crippen LogP contribution is 2.39. The number of carbonyl (C=O) groups is 1. The second kappa shape index (κ2) is 6.58. The molecule has 0 bridgehead atoms. The molecular weight excluding hydrogens is 383 g/mol. The molecule has 5 rings (SSSR count). The number of benzene rings is 1. The lowest BCUT2D eigenvalue weighted by Gasteiger charge is -2.15. The maximum absolute atomic E-state index is 14.0. The Kier molecular flexibility index (Phi) is 4.15. The van der Waals surface area contributed by atoms with Crippen LogP contribution in [-0.2, 0) is 47.0 Å². The molecule has 2 atom stereocenters. The highest BCUT2D eigenvalue weighted by atomic mass is 32.2. The molecule has 0 unspecified atom stereocenters. The number of halogens is 1. The van der Waals surface area contributed by atoms with Gasteiger partial charge in [0, 0.05) is 24.7 Å². The van der Waals surface area contributed by atoms with Crippen LogP contribution in [0.25, 0.3) is 0 Å². The van der Waals surface area contributed by atoms with E-state index < -0.39 is 22.8 Å². The summed E-state index contributed by atoms with van der Waals surface area (Å²) in [5, 5.41) is 6.93. The Morgan fingerprint density at radius 1 is 1.36 bits per heavy atom. The largest absolute Gasteiger partial charge is 0.474 e. The molecule has 2 aliphatic carbocycles. The minimum Gasteiger partial charge on any atom is -0.474 e. The number of nitrogens with one attached hydrogen (secondary N) is 1. The number of hydrogen-bond acceptors (Lipinski definition) is 5. The zero-order chi connectivity index (χ0) is 19.4. The van der Waals surface area contributed by atoms with Crippen molar-refractivity contribution in [2.24, 2.45) is 4.36 Å². The van der Waals surface area contributed by atoms with Gasteiger partial charge >= 0.3 is 6.03 Å². The molecule has 1 aliphatic heterocycles. The second-order valence-electron chi connectivity index (χ2n) is 7.58. The Bertz CT molecular complexity index is 1070. The van der Waals surface area contributed by atoms with Crippen LogP contribution in [0.15, 0.2) is 21.5 Å². The van der Waals surface area contributed by atoms with Gasteiger partial charge in [0.25, 0.3) is 0 Å². The van der Waals surface area contributed by atoms with Gasteiger partial charge in [0.05, 0.1) is 6.54 Å². The molecule has 1 N–H and O–H groups in total. The van der Waals surface area contributed by atoms with Gasteiger partial charge in [-0.1, -0.05) is 6.07 Å². The Morgan fingerprint density at radius 3 is 3.07 bits per heavy atom. The van der Waals surface area contributed by atoms with E-state index in [2.05, 4.69) is 20.8 Å². The first kappa shape index (κ1) is 17.7. The SMILES string of the molecule is C[C@H]1Cn2ncc([S-](=O)=NC(=O)Nc3c4c(cc5c3C[C@H](F)C5)CCC4)c2O1. The third-order valence-electron chi connectivity index (χ3n) is 5.56. The molecule has 2 heterocycles. The molecule has 0 fully saturated rings. The van der Waals surface area contributed by atoms with E-state index in [0.29, 0.717) is 31.0 Å². The second-order valence-corrected chi connectivity index (χ2v) is 8.70. The normalized spacial score (nSPS) is 23.2. The lowest BCUT2D eigenvalue weighted by atomic mass is 9.99. The first-order valence-electron chi connectivity index (χ1n) is 9.47. The molecule has 2 amide bonds. The monoisotopic (exact) mass is 403 g/mol. The van der Waals surface area contributed by atoms with Gasteiger partial charge < -0.3 is 18.6 Å². The van der Waals surface area contributed by atoms with Crippen LogP contribution in [0.5, 0.6) is 5.88 Å². The van der Waals surface area contributed by atoms with Crippen molar-refractivity contribution in [3.8, 4) is 5.88 Å². The number of ether oxygens (including phenoxy) is 1. The lowest BCUT2D eigenvalue weighted by Crippen LogP contribution is -2.12. The van der Waals surface area contributed by atoms with Gasteiger partial charge in [-0.15, -0.1) is 10.6 Å². The molecule has 0 spiro atoms. The standard InChI is InChI=1S/C19H20FN4O3S/c1-10-9-24-18(27-10)16(8-21-24)28(26)23-19(25)22-17-14-4-2-3-11(14)5-12-6-13(20)7-15(12)17/h5,8,10,13H,2-4,6-7,9H2,1H3,(H,22,25)/q-1/t10-,13+/m0/s1. The van der Waals surface area contributed by atoms with Crippen molar-refractivity contribution in [2.45, 2.75) is 62.7 Å². The molecule has 28 heavy (non-hydrogen) atoms. The minimum atomic E-state index is -1.93. The van der Waals surface area contributed by atoms with E-state index in [-0.39, 0.29) is 11.0 Å². The van der Waals surface area contributed by atoms with Crippen LogP contribution in [0, 0.1) is 0 Å². The molecule has 148 valence electrons. The smallest absolute Gasteiger partial charge is 0.322 e. The number of urea groups is 1. The van der Waals surface area contributed by atoms with Crippen molar-refractivity contribution < 1.29 is 18.1 Å². The van der Waals surface area contributed by atoms with Crippen molar-refractivity contribution in [1.29, 1.82) is 0 Å². The number of amides is 2. The third-order valence-corrected chi connectivity index (χ3v) is 6.54. The molecular formula is C19H20FN4O3S-. The fourth-order valence-corrected chi connectivity index (χ4v) is 5.14. The van der Waals surface area contributed by atoms with Gasteiger partial charge in [0.1, 0.15) is 12.3 Å². The van der Waals surface area contributed by atoms with Crippen LogP contribution >= 0.6 is 0 Å². The first-order valence-corrected chi connectivity index (χ1v) is 10.6. The van der Waals surface area contributed by atoms with E-state index in [1.54, 1.807) is 4.68 Å². The topological polar surface area (TPSA) is 85.6 Å².